The van der Waals surface area contributed by atoms with E-state index in [-0.39, 0.29) is 18.7 Å². The number of carboxylic acid groups (broad SMARTS) is 1. The lowest BCUT2D eigenvalue weighted by molar-refractivity contribution is -0.138. The largest absolute Gasteiger partial charge is 0.495 e. The third-order valence-electron chi connectivity index (χ3n) is 2.31. The van der Waals surface area contributed by atoms with Gasteiger partial charge in [-0.15, -0.1) is 0 Å². The van der Waals surface area contributed by atoms with Gasteiger partial charge in [-0.05, 0) is 24.6 Å². The third-order valence-corrected chi connectivity index (χ3v) is 2.77. The first-order valence-corrected chi connectivity index (χ1v) is 6.09. The lowest BCUT2D eigenvalue weighted by atomic mass is 10.1. The van der Waals surface area contributed by atoms with E-state index < -0.39 is 5.97 Å². The number of hydrogen-bond donors (Lipinski definition) is 2. The zero-order chi connectivity index (χ0) is 13.7. The summed E-state index contributed by atoms with van der Waals surface area (Å²) >= 11 is 3.33. The molecular formula is C12H14BrNO4. The maximum Gasteiger partial charge on any atom is 0.303 e. The molecule has 1 aromatic carbocycles. The number of halogens is 1. The predicted molar refractivity (Wildman–Crippen MR) is 70.9 cm³/mol. The summed E-state index contributed by atoms with van der Waals surface area (Å²) in [6, 6.07) is 3.58. The smallest absolute Gasteiger partial charge is 0.303 e. The van der Waals surface area contributed by atoms with Gasteiger partial charge in [0.05, 0.1) is 19.2 Å². The molecule has 0 saturated carbocycles. The van der Waals surface area contributed by atoms with E-state index in [1.54, 1.807) is 6.07 Å². The summed E-state index contributed by atoms with van der Waals surface area (Å²) in [5.74, 6) is -0.809. The van der Waals surface area contributed by atoms with Crippen LogP contribution in [0.25, 0.3) is 0 Å². The Labute approximate surface area is 113 Å². The number of aryl methyl sites for hydroxylation is 1. The van der Waals surface area contributed by atoms with Crippen LogP contribution in [0.15, 0.2) is 16.6 Å². The number of aliphatic carboxylic acids is 1. The molecule has 0 aliphatic rings. The van der Waals surface area contributed by atoms with Crippen molar-refractivity contribution in [3.05, 3.63) is 22.2 Å². The standard InChI is InChI=1S/C12H14BrNO4/c1-7-5-8(13)6-9(18-2)12(7)14-10(15)3-4-11(16)17/h5-6H,3-4H2,1-2H3,(H,14,15)(H,16,17). The Hall–Kier alpha value is -1.56. The zero-order valence-corrected chi connectivity index (χ0v) is 11.7. The summed E-state index contributed by atoms with van der Waals surface area (Å²) in [4.78, 5) is 22.0. The Morgan fingerprint density at radius 3 is 2.61 bits per heavy atom. The summed E-state index contributed by atoms with van der Waals surface area (Å²) in [5, 5.41) is 11.2. The number of rotatable bonds is 5. The molecule has 98 valence electrons. The van der Waals surface area contributed by atoms with Crippen LogP contribution in [0.2, 0.25) is 0 Å². The number of methoxy groups -OCH3 is 1. The van der Waals surface area contributed by atoms with E-state index in [1.807, 2.05) is 13.0 Å². The molecule has 0 spiro atoms. The lowest BCUT2D eigenvalue weighted by Gasteiger charge is -2.13. The first kappa shape index (κ1) is 14.5. The number of amides is 1. The Kier molecular flexibility index (Phi) is 5.15. The molecule has 2 N–H and O–H groups in total. The summed E-state index contributed by atoms with van der Waals surface area (Å²) in [6.07, 6.45) is -0.252. The maximum atomic E-state index is 11.6. The van der Waals surface area contributed by atoms with E-state index in [2.05, 4.69) is 21.2 Å². The molecule has 6 heteroatoms. The fraction of sp³-hybridized carbons (Fsp3) is 0.333. The highest BCUT2D eigenvalue weighted by atomic mass is 79.9. The van der Waals surface area contributed by atoms with E-state index in [4.69, 9.17) is 9.84 Å². The quantitative estimate of drug-likeness (QED) is 0.875. The Balaban J connectivity index is 2.83. The van der Waals surface area contributed by atoms with Gasteiger partial charge in [0.2, 0.25) is 5.91 Å². The zero-order valence-electron chi connectivity index (χ0n) is 10.1. The van der Waals surface area contributed by atoms with Crippen molar-refractivity contribution in [1.29, 1.82) is 0 Å². The van der Waals surface area contributed by atoms with E-state index in [0.717, 1.165) is 10.0 Å². The van der Waals surface area contributed by atoms with Gasteiger partial charge in [0.25, 0.3) is 0 Å². The normalized spacial score (nSPS) is 9.94. The number of anilines is 1. The van der Waals surface area contributed by atoms with Gasteiger partial charge in [0, 0.05) is 10.9 Å². The van der Waals surface area contributed by atoms with Gasteiger partial charge in [-0.3, -0.25) is 9.59 Å². The number of carboxylic acids is 1. The molecule has 1 amide bonds. The molecule has 0 aliphatic carbocycles. The average Bonchev–Trinajstić information content (AvgIpc) is 2.29. The molecule has 1 rings (SSSR count). The molecule has 18 heavy (non-hydrogen) atoms. The molecule has 0 aromatic heterocycles. The van der Waals surface area contributed by atoms with Crippen molar-refractivity contribution in [2.24, 2.45) is 0 Å². The molecule has 0 fully saturated rings. The fourth-order valence-corrected chi connectivity index (χ4v) is 2.01. The van der Waals surface area contributed by atoms with Crippen LogP contribution < -0.4 is 10.1 Å². The summed E-state index contributed by atoms with van der Waals surface area (Å²) in [7, 11) is 1.51. The van der Waals surface area contributed by atoms with Crippen LogP contribution in [-0.2, 0) is 9.59 Å². The monoisotopic (exact) mass is 315 g/mol. The number of nitrogens with one attached hydrogen (secondary N) is 1. The number of hydrogen-bond acceptors (Lipinski definition) is 3. The van der Waals surface area contributed by atoms with E-state index in [9.17, 15) is 9.59 Å². The number of carbonyl (C=O) groups excluding carboxylic acids is 1. The van der Waals surface area contributed by atoms with Crippen LogP contribution in [0, 0.1) is 6.92 Å². The molecule has 0 radical (unpaired) electrons. The second kappa shape index (κ2) is 6.39. The minimum atomic E-state index is -0.996. The van der Waals surface area contributed by atoms with Gasteiger partial charge in [0.15, 0.2) is 0 Å². The number of ether oxygens (including phenoxy) is 1. The highest BCUT2D eigenvalue weighted by molar-refractivity contribution is 9.10. The molecule has 5 nitrogen and oxygen atoms in total. The van der Waals surface area contributed by atoms with Crippen LogP contribution >= 0.6 is 15.9 Å². The van der Waals surface area contributed by atoms with Gasteiger partial charge in [-0.25, -0.2) is 0 Å². The van der Waals surface area contributed by atoms with Gasteiger partial charge >= 0.3 is 5.97 Å². The van der Waals surface area contributed by atoms with Crippen molar-refractivity contribution in [2.75, 3.05) is 12.4 Å². The second-order valence-electron chi connectivity index (χ2n) is 3.74. The third kappa shape index (κ3) is 4.03. The van der Waals surface area contributed by atoms with Crippen LogP contribution in [0.3, 0.4) is 0 Å². The van der Waals surface area contributed by atoms with Crippen LogP contribution in [0.4, 0.5) is 5.69 Å². The van der Waals surface area contributed by atoms with Gasteiger partial charge in [-0.2, -0.15) is 0 Å². The molecule has 0 aliphatic heterocycles. The van der Waals surface area contributed by atoms with Crippen molar-refractivity contribution in [3.63, 3.8) is 0 Å². The minimum absolute atomic E-state index is 0.0615. The van der Waals surface area contributed by atoms with E-state index in [1.165, 1.54) is 7.11 Å². The Bertz CT molecular complexity index is 473. The highest BCUT2D eigenvalue weighted by Crippen LogP contribution is 2.32. The Morgan fingerprint density at radius 1 is 1.39 bits per heavy atom. The first-order chi connectivity index (χ1) is 8.43. The minimum Gasteiger partial charge on any atom is -0.495 e. The summed E-state index contributed by atoms with van der Waals surface area (Å²) in [6.45, 7) is 1.83. The van der Waals surface area contributed by atoms with E-state index >= 15 is 0 Å². The molecule has 0 atom stereocenters. The SMILES string of the molecule is COc1cc(Br)cc(C)c1NC(=O)CCC(=O)O. The molecule has 0 saturated heterocycles. The van der Waals surface area contributed by atoms with Gasteiger partial charge < -0.3 is 15.2 Å². The van der Waals surface area contributed by atoms with Crippen molar-refractivity contribution < 1.29 is 19.4 Å². The lowest BCUT2D eigenvalue weighted by Crippen LogP contribution is -2.14. The number of carbonyl (C=O) groups is 2. The predicted octanol–water partition coefficient (Wildman–Crippen LogP) is 2.57. The highest BCUT2D eigenvalue weighted by Gasteiger charge is 2.12. The van der Waals surface area contributed by atoms with Gasteiger partial charge in [0.1, 0.15) is 5.75 Å². The average molecular weight is 316 g/mol. The van der Waals surface area contributed by atoms with Gasteiger partial charge in [-0.1, -0.05) is 15.9 Å². The van der Waals surface area contributed by atoms with Crippen molar-refractivity contribution in [2.45, 2.75) is 19.8 Å². The summed E-state index contributed by atoms with van der Waals surface area (Å²) < 4.78 is 6.02. The first-order valence-electron chi connectivity index (χ1n) is 5.30. The Morgan fingerprint density at radius 2 is 2.06 bits per heavy atom. The molecule has 1 aromatic rings. The van der Waals surface area contributed by atoms with Crippen molar-refractivity contribution in [1.82, 2.24) is 0 Å². The van der Waals surface area contributed by atoms with Crippen molar-refractivity contribution >= 4 is 33.5 Å². The van der Waals surface area contributed by atoms with Crippen LogP contribution in [0.1, 0.15) is 18.4 Å². The second-order valence-corrected chi connectivity index (χ2v) is 4.66. The maximum absolute atomic E-state index is 11.6. The molecule has 0 heterocycles. The van der Waals surface area contributed by atoms with Crippen LogP contribution in [-0.4, -0.2) is 24.1 Å². The van der Waals surface area contributed by atoms with Crippen molar-refractivity contribution in [3.8, 4) is 5.75 Å². The van der Waals surface area contributed by atoms with E-state index in [0.29, 0.717) is 11.4 Å². The molecule has 0 unspecified atom stereocenters. The topological polar surface area (TPSA) is 75.6 Å². The summed E-state index contributed by atoms with van der Waals surface area (Å²) in [5.41, 5.74) is 1.40. The molecular weight excluding hydrogens is 302 g/mol. The molecule has 0 bridgehead atoms. The van der Waals surface area contributed by atoms with Crippen LogP contribution in [0.5, 0.6) is 5.75 Å². The fourth-order valence-electron chi connectivity index (χ4n) is 1.46. The number of benzene rings is 1.